The van der Waals surface area contributed by atoms with Crippen molar-refractivity contribution in [2.75, 3.05) is 13.2 Å². The summed E-state index contributed by atoms with van der Waals surface area (Å²) in [7, 11) is 0. The van der Waals surface area contributed by atoms with Gasteiger partial charge in [0.2, 0.25) is 0 Å². The Balaban J connectivity index is 1.50. The molecule has 2 N–H and O–H groups in total. The van der Waals surface area contributed by atoms with Crippen LogP contribution >= 0.6 is 0 Å². The fraction of sp³-hybridized carbons (Fsp3) is 0.412. The number of benzene rings is 1. The number of hydrogen-bond acceptors (Lipinski definition) is 3. The molecule has 2 aromatic rings. The number of amides is 2. The third kappa shape index (κ3) is 4.55. The number of nitrogens with one attached hydrogen (secondary N) is 2. The van der Waals surface area contributed by atoms with Gasteiger partial charge >= 0.3 is 6.03 Å². The predicted octanol–water partition coefficient (Wildman–Crippen LogP) is 2.05. The van der Waals surface area contributed by atoms with Crippen molar-refractivity contribution in [2.24, 2.45) is 0 Å². The number of imidazole rings is 1. The Bertz CT molecular complexity index is 669. The molecule has 0 aliphatic carbocycles. The van der Waals surface area contributed by atoms with Gasteiger partial charge in [-0.15, -0.1) is 0 Å². The van der Waals surface area contributed by atoms with Gasteiger partial charge in [0.15, 0.2) is 0 Å². The maximum absolute atomic E-state index is 13.9. The van der Waals surface area contributed by atoms with E-state index in [2.05, 4.69) is 15.6 Å². The smallest absolute Gasteiger partial charge is 0.315 e. The van der Waals surface area contributed by atoms with Crippen LogP contribution in [0.1, 0.15) is 24.0 Å². The minimum atomic E-state index is -0.268. The van der Waals surface area contributed by atoms with Gasteiger partial charge in [0, 0.05) is 37.7 Å². The predicted molar refractivity (Wildman–Crippen MR) is 86.9 cm³/mol. The highest BCUT2D eigenvalue weighted by atomic mass is 19.1. The maximum atomic E-state index is 13.9. The van der Waals surface area contributed by atoms with Crippen LogP contribution in [0.15, 0.2) is 36.9 Å². The van der Waals surface area contributed by atoms with Crippen molar-refractivity contribution in [3.8, 4) is 0 Å². The second kappa shape index (κ2) is 7.92. The molecule has 1 saturated heterocycles. The van der Waals surface area contributed by atoms with Crippen molar-refractivity contribution >= 4 is 6.03 Å². The monoisotopic (exact) mass is 332 g/mol. The molecule has 128 valence electrons. The molecule has 2 amide bonds. The van der Waals surface area contributed by atoms with Gasteiger partial charge in [-0.1, -0.05) is 6.07 Å². The molecular formula is C17H21FN4O2. The molecule has 24 heavy (non-hydrogen) atoms. The molecule has 1 fully saturated rings. The number of hydrogen-bond donors (Lipinski definition) is 2. The summed E-state index contributed by atoms with van der Waals surface area (Å²) in [5.74, 6) is -0.268. The second-order valence-electron chi connectivity index (χ2n) is 5.86. The van der Waals surface area contributed by atoms with E-state index in [0.29, 0.717) is 25.2 Å². The van der Waals surface area contributed by atoms with Gasteiger partial charge in [-0.3, -0.25) is 0 Å². The third-order valence-electron chi connectivity index (χ3n) is 3.99. The number of halogens is 1. The van der Waals surface area contributed by atoms with Gasteiger partial charge < -0.3 is 19.9 Å². The number of urea groups is 1. The van der Waals surface area contributed by atoms with Gasteiger partial charge in [0.1, 0.15) is 5.82 Å². The molecule has 0 bridgehead atoms. The summed E-state index contributed by atoms with van der Waals surface area (Å²) in [6, 6.07) is 4.61. The average Bonchev–Trinajstić information content (AvgIpc) is 3.27. The van der Waals surface area contributed by atoms with Gasteiger partial charge in [-0.2, -0.15) is 0 Å². The molecule has 0 saturated carbocycles. The molecule has 1 aliphatic rings. The van der Waals surface area contributed by atoms with E-state index in [1.165, 1.54) is 6.07 Å². The lowest BCUT2D eigenvalue weighted by Crippen LogP contribution is -2.39. The highest BCUT2D eigenvalue weighted by Crippen LogP contribution is 2.13. The van der Waals surface area contributed by atoms with E-state index in [9.17, 15) is 9.18 Å². The lowest BCUT2D eigenvalue weighted by atomic mass is 10.1. The van der Waals surface area contributed by atoms with E-state index in [0.717, 1.165) is 25.0 Å². The van der Waals surface area contributed by atoms with Crippen molar-refractivity contribution in [1.29, 1.82) is 0 Å². The first kappa shape index (κ1) is 16.4. The Morgan fingerprint density at radius 2 is 2.33 bits per heavy atom. The standard InChI is InChI=1S/C17H21FN4O2/c18-16-4-3-13(8-14(16)11-22-6-5-19-12-22)9-20-17(23)21-10-15-2-1-7-24-15/h3-6,8,12,15H,1-2,7,9-11H2,(H2,20,21,23). The second-order valence-corrected chi connectivity index (χ2v) is 5.86. The van der Waals surface area contributed by atoms with Crippen LogP contribution in [-0.2, 0) is 17.8 Å². The van der Waals surface area contributed by atoms with Crippen LogP contribution in [0.3, 0.4) is 0 Å². The van der Waals surface area contributed by atoms with Gasteiger partial charge in [0.05, 0.1) is 19.0 Å². The first-order valence-corrected chi connectivity index (χ1v) is 8.07. The van der Waals surface area contributed by atoms with Gasteiger partial charge in [-0.25, -0.2) is 14.2 Å². The zero-order chi connectivity index (χ0) is 16.8. The molecule has 1 aromatic carbocycles. The molecule has 1 aromatic heterocycles. The average molecular weight is 332 g/mol. The molecule has 3 rings (SSSR count). The van der Waals surface area contributed by atoms with E-state index < -0.39 is 0 Å². The number of rotatable bonds is 6. The van der Waals surface area contributed by atoms with E-state index in [1.807, 2.05) is 0 Å². The van der Waals surface area contributed by atoms with Crippen molar-refractivity contribution in [1.82, 2.24) is 20.2 Å². The summed E-state index contributed by atoms with van der Waals surface area (Å²) in [5.41, 5.74) is 1.41. The highest BCUT2D eigenvalue weighted by Gasteiger charge is 2.16. The highest BCUT2D eigenvalue weighted by molar-refractivity contribution is 5.73. The van der Waals surface area contributed by atoms with Crippen molar-refractivity contribution in [2.45, 2.75) is 32.0 Å². The zero-order valence-corrected chi connectivity index (χ0v) is 13.4. The van der Waals surface area contributed by atoms with Crippen LogP contribution in [0, 0.1) is 5.82 Å². The van der Waals surface area contributed by atoms with Crippen molar-refractivity contribution in [3.05, 3.63) is 53.9 Å². The molecule has 1 unspecified atom stereocenters. The Labute approximate surface area is 140 Å². The maximum Gasteiger partial charge on any atom is 0.315 e. The number of ether oxygens (including phenoxy) is 1. The van der Waals surface area contributed by atoms with E-state index >= 15 is 0 Å². The van der Waals surface area contributed by atoms with Crippen LogP contribution in [0.5, 0.6) is 0 Å². The summed E-state index contributed by atoms with van der Waals surface area (Å²) >= 11 is 0. The van der Waals surface area contributed by atoms with Crippen LogP contribution in [-0.4, -0.2) is 34.8 Å². The summed E-state index contributed by atoms with van der Waals surface area (Å²) < 4.78 is 21.2. The Morgan fingerprint density at radius 3 is 3.08 bits per heavy atom. The minimum absolute atomic E-state index is 0.114. The zero-order valence-electron chi connectivity index (χ0n) is 13.4. The molecule has 7 heteroatoms. The lowest BCUT2D eigenvalue weighted by molar-refractivity contribution is 0.111. The van der Waals surface area contributed by atoms with Gasteiger partial charge in [-0.05, 0) is 30.5 Å². The van der Waals surface area contributed by atoms with Gasteiger partial charge in [0.25, 0.3) is 0 Å². The Morgan fingerprint density at radius 1 is 1.42 bits per heavy atom. The van der Waals surface area contributed by atoms with Crippen LogP contribution in [0.4, 0.5) is 9.18 Å². The first-order chi connectivity index (χ1) is 11.7. The fourth-order valence-electron chi connectivity index (χ4n) is 2.69. The topological polar surface area (TPSA) is 68.2 Å². The van der Waals surface area contributed by atoms with E-state index in [4.69, 9.17) is 4.74 Å². The summed E-state index contributed by atoms with van der Waals surface area (Å²) in [4.78, 5) is 15.8. The summed E-state index contributed by atoms with van der Waals surface area (Å²) in [5, 5.41) is 5.58. The largest absolute Gasteiger partial charge is 0.376 e. The van der Waals surface area contributed by atoms with E-state index in [-0.39, 0.29) is 18.0 Å². The normalized spacial score (nSPS) is 17.0. The summed E-state index contributed by atoms with van der Waals surface area (Å²) in [6.45, 7) is 2.03. The fourth-order valence-corrected chi connectivity index (χ4v) is 2.69. The molecule has 2 heterocycles. The quantitative estimate of drug-likeness (QED) is 0.851. The molecule has 0 radical (unpaired) electrons. The minimum Gasteiger partial charge on any atom is -0.376 e. The molecule has 1 atom stereocenters. The lowest BCUT2D eigenvalue weighted by Gasteiger charge is -2.12. The molecule has 1 aliphatic heterocycles. The molecule has 0 spiro atoms. The van der Waals surface area contributed by atoms with E-state index in [1.54, 1.807) is 35.4 Å². The summed E-state index contributed by atoms with van der Waals surface area (Å²) in [6.07, 6.45) is 7.22. The molecule has 6 nitrogen and oxygen atoms in total. The first-order valence-electron chi connectivity index (χ1n) is 8.07. The number of nitrogens with zero attached hydrogens (tertiary/aromatic N) is 2. The van der Waals surface area contributed by atoms with Crippen LogP contribution in [0.25, 0.3) is 0 Å². The van der Waals surface area contributed by atoms with Crippen molar-refractivity contribution < 1.29 is 13.9 Å². The number of aromatic nitrogens is 2. The van der Waals surface area contributed by atoms with Crippen LogP contribution < -0.4 is 10.6 Å². The SMILES string of the molecule is O=C(NCc1ccc(F)c(Cn2ccnc2)c1)NCC1CCCO1. The van der Waals surface area contributed by atoms with Crippen molar-refractivity contribution in [3.63, 3.8) is 0 Å². The Kier molecular flexibility index (Phi) is 5.43. The number of carbonyl (C=O) groups is 1. The third-order valence-corrected chi connectivity index (χ3v) is 3.99. The molecular weight excluding hydrogens is 311 g/mol. The van der Waals surface area contributed by atoms with Crippen LogP contribution in [0.2, 0.25) is 0 Å². The number of carbonyl (C=O) groups excluding carboxylic acids is 1. The Hall–Kier alpha value is -2.41.